The topological polar surface area (TPSA) is 99.4 Å². The molecule has 1 unspecified atom stereocenters. The first-order valence-electron chi connectivity index (χ1n) is 8.89. The van der Waals surface area contributed by atoms with Crippen LogP contribution in [-0.4, -0.2) is 39.0 Å². The molecule has 0 radical (unpaired) electrons. The molecule has 7 nitrogen and oxygen atoms in total. The highest BCUT2D eigenvalue weighted by Gasteiger charge is 2.16. The summed E-state index contributed by atoms with van der Waals surface area (Å²) in [7, 11) is -2.66. The molecular formula is C20H18F2N4O3S. The van der Waals surface area contributed by atoms with Gasteiger partial charge in [0.1, 0.15) is 42.2 Å². The monoisotopic (exact) mass is 432 g/mol. The fourth-order valence-corrected chi connectivity index (χ4v) is 3.66. The zero-order valence-corrected chi connectivity index (χ0v) is 16.7. The van der Waals surface area contributed by atoms with Gasteiger partial charge in [-0.15, -0.1) is 0 Å². The van der Waals surface area contributed by atoms with E-state index in [-0.39, 0.29) is 30.4 Å². The molecule has 156 valence electrons. The van der Waals surface area contributed by atoms with Gasteiger partial charge in [0.25, 0.3) is 0 Å². The first kappa shape index (κ1) is 20.0. The van der Waals surface area contributed by atoms with E-state index in [1.54, 1.807) is 12.1 Å². The van der Waals surface area contributed by atoms with E-state index in [2.05, 4.69) is 15.3 Å². The lowest BCUT2D eigenvalue weighted by atomic mass is 10.0. The second-order valence-electron chi connectivity index (χ2n) is 6.72. The Morgan fingerprint density at radius 2 is 1.90 bits per heavy atom. The van der Waals surface area contributed by atoms with Crippen molar-refractivity contribution in [3.63, 3.8) is 0 Å². The van der Waals surface area contributed by atoms with Crippen LogP contribution in [0, 0.1) is 11.6 Å². The third-order valence-corrected chi connectivity index (χ3v) is 4.87. The number of benzene rings is 1. The summed E-state index contributed by atoms with van der Waals surface area (Å²) < 4.78 is 51.5. The lowest BCUT2D eigenvalue weighted by Crippen LogP contribution is -2.14. The summed E-state index contributed by atoms with van der Waals surface area (Å²) in [4.78, 5) is 8.36. The van der Waals surface area contributed by atoms with Gasteiger partial charge in [-0.3, -0.25) is 9.35 Å². The van der Waals surface area contributed by atoms with Crippen LogP contribution < -0.4 is 19.9 Å². The van der Waals surface area contributed by atoms with Gasteiger partial charge in [0.15, 0.2) is 0 Å². The molecule has 0 spiro atoms. The van der Waals surface area contributed by atoms with Crippen molar-refractivity contribution in [2.24, 2.45) is 5.14 Å². The Kier molecular flexibility index (Phi) is 5.27. The summed E-state index contributed by atoms with van der Waals surface area (Å²) >= 11 is 0. The quantitative estimate of drug-likeness (QED) is 0.574. The molecule has 1 aromatic carbocycles. The zero-order chi connectivity index (χ0) is 21.3. The standard InChI is InChI=1S/C20H18F2N4O3S/c1-30(23,27)11-12-6-19-25-18-9-15(16(22)10-24-18)14-3-2-13(21)8-17(14)28-4-5-29-20(7-12)26-19/h2-3,6-11H,4-5H2,1H3,(H2,23,27)(H,24,25,26). The molecule has 0 saturated carbocycles. The van der Waals surface area contributed by atoms with Crippen LogP contribution in [0.15, 0.2) is 42.6 Å². The van der Waals surface area contributed by atoms with Crippen molar-refractivity contribution in [3.05, 3.63) is 59.8 Å². The third kappa shape index (κ3) is 4.66. The van der Waals surface area contributed by atoms with Gasteiger partial charge < -0.3 is 14.8 Å². The largest absolute Gasteiger partial charge is 0.489 e. The number of ether oxygens (including phenoxy) is 2. The van der Waals surface area contributed by atoms with E-state index >= 15 is 0 Å². The van der Waals surface area contributed by atoms with Gasteiger partial charge in [-0.05, 0) is 29.8 Å². The highest BCUT2D eigenvalue weighted by atomic mass is 32.2. The van der Waals surface area contributed by atoms with Crippen LogP contribution in [0.5, 0.6) is 11.6 Å². The van der Waals surface area contributed by atoms with Crippen molar-refractivity contribution in [2.45, 2.75) is 0 Å². The maximum absolute atomic E-state index is 14.5. The molecule has 3 heterocycles. The molecule has 3 N–H and O–H groups in total. The molecule has 10 heteroatoms. The second kappa shape index (κ2) is 7.88. The van der Waals surface area contributed by atoms with Crippen LogP contribution in [0.4, 0.5) is 20.4 Å². The molecule has 0 aliphatic carbocycles. The van der Waals surface area contributed by atoms with E-state index in [4.69, 9.17) is 14.6 Å². The minimum atomic E-state index is -2.66. The molecule has 0 fully saturated rings. The van der Waals surface area contributed by atoms with Crippen molar-refractivity contribution in [3.8, 4) is 22.8 Å². The minimum absolute atomic E-state index is 0.0653. The maximum atomic E-state index is 14.5. The van der Waals surface area contributed by atoms with Crippen molar-refractivity contribution < 1.29 is 22.5 Å². The summed E-state index contributed by atoms with van der Waals surface area (Å²) in [6.45, 7) is 0.157. The van der Waals surface area contributed by atoms with Gasteiger partial charge in [0.05, 0.1) is 6.20 Å². The highest BCUT2D eigenvalue weighted by Crippen LogP contribution is 2.34. The molecule has 4 rings (SSSR count). The molecule has 4 bridgehead atoms. The predicted octanol–water partition coefficient (Wildman–Crippen LogP) is 2.87. The summed E-state index contributed by atoms with van der Waals surface area (Å²) in [5.41, 5.74) is 1.09. The Bertz CT molecular complexity index is 1230. The average Bonchev–Trinajstić information content (AvgIpc) is 2.66. The van der Waals surface area contributed by atoms with E-state index in [9.17, 15) is 13.0 Å². The number of aromatic nitrogens is 2. The normalized spacial score (nSPS) is 14.9. The van der Waals surface area contributed by atoms with Crippen LogP contribution in [0.1, 0.15) is 5.56 Å². The molecule has 1 aliphatic heterocycles. The van der Waals surface area contributed by atoms with Gasteiger partial charge in [-0.1, -0.05) is 0 Å². The molecular weight excluding hydrogens is 414 g/mol. The van der Waals surface area contributed by atoms with Crippen molar-refractivity contribution in [2.75, 3.05) is 24.8 Å². The third-order valence-electron chi connectivity index (χ3n) is 4.13. The van der Waals surface area contributed by atoms with Crippen molar-refractivity contribution in [1.82, 2.24) is 9.97 Å². The summed E-state index contributed by atoms with van der Waals surface area (Å²) in [6, 6.07) is 8.53. The molecule has 3 aromatic rings. The van der Waals surface area contributed by atoms with Crippen LogP contribution in [0.2, 0.25) is 0 Å². The van der Waals surface area contributed by atoms with Crippen LogP contribution in [-0.2, 0) is 9.71 Å². The van der Waals surface area contributed by atoms with E-state index in [1.807, 2.05) is 0 Å². The number of halogens is 2. The minimum Gasteiger partial charge on any atom is -0.489 e. The second-order valence-corrected chi connectivity index (χ2v) is 8.89. The molecule has 0 amide bonds. The lowest BCUT2D eigenvalue weighted by Gasteiger charge is -2.13. The molecule has 1 atom stereocenters. The number of anilines is 2. The first-order valence-corrected chi connectivity index (χ1v) is 11.0. The number of hydrogen-bond acceptors (Lipinski definition) is 6. The summed E-state index contributed by atoms with van der Waals surface area (Å²) in [5.74, 6) is -0.0533. The zero-order valence-electron chi connectivity index (χ0n) is 15.9. The van der Waals surface area contributed by atoms with E-state index in [0.717, 1.165) is 6.20 Å². The highest BCUT2D eigenvalue weighted by molar-refractivity contribution is 7.98. The van der Waals surface area contributed by atoms with E-state index < -0.39 is 21.3 Å². The predicted molar refractivity (Wildman–Crippen MR) is 112 cm³/mol. The first-order chi connectivity index (χ1) is 14.3. The number of nitrogens with zero attached hydrogens (tertiary/aromatic N) is 2. The maximum Gasteiger partial charge on any atom is 0.215 e. The van der Waals surface area contributed by atoms with Crippen LogP contribution >= 0.6 is 0 Å². The Balaban J connectivity index is 1.84. The number of nitrogens with one attached hydrogen (secondary N) is 1. The lowest BCUT2D eigenvalue weighted by molar-refractivity contribution is 0.212. The number of hydrogen-bond donors (Lipinski definition) is 2. The van der Waals surface area contributed by atoms with Crippen molar-refractivity contribution >= 4 is 26.7 Å². The van der Waals surface area contributed by atoms with Crippen molar-refractivity contribution in [1.29, 1.82) is 0 Å². The van der Waals surface area contributed by atoms with Crippen LogP contribution in [0.25, 0.3) is 11.1 Å². The fraction of sp³-hybridized carbons (Fsp3) is 0.150. The molecule has 30 heavy (non-hydrogen) atoms. The Labute approximate surface area is 172 Å². The molecule has 1 aliphatic rings. The van der Waals surface area contributed by atoms with Crippen LogP contribution in [0.3, 0.4) is 0 Å². The fourth-order valence-electron chi connectivity index (χ4n) is 2.98. The SMILES string of the molecule is CS(N)(=O)=Cc1cc2nc(c1)OCCOc1cc(F)ccc1-c1cc(ncc1F)N2. The number of pyridine rings is 2. The smallest absolute Gasteiger partial charge is 0.215 e. The average molecular weight is 432 g/mol. The summed E-state index contributed by atoms with van der Waals surface area (Å²) in [6.07, 6.45) is 2.46. The van der Waals surface area contributed by atoms with Gasteiger partial charge in [0, 0.05) is 44.6 Å². The Hall–Kier alpha value is -3.24. The van der Waals surface area contributed by atoms with E-state index in [1.165, 1.54) is 35.9 Å². The number of nitrogens with two attached hydrogens (primary N) is 1. The Morgan fingerprint density at radius 1 is 1.10 bits per heavy atom. The van der Waals surface area contributed by atoms with Gasteiger partial charge in [-0.25, -0.2) is 13.8 Å². The Morgan fingerprint density at radius 3 is 2.70 bits per heavy atom. The summed E-state index contributed by atoms with van der Waals surface area (Å²) in [5, 5.41) is 10.0. The van der Waals surface area contributed by atoms with Gasteiger partial charge in [0.2, 0.25) is 5.88 Å². The molecule has 2 aromatic heterocycles. The van der Waals surface area contributed by atoms with Gasteiger partial charge in [-0.2, -0.15) is 4.98 Å². The number of rotatable bonds is 1. The molecule has 0 saturated heterocycles. The van der Waals surface area contributed by atoms with Gasteiger partial charge >= 0.3 is 0 Å². The number of fused-ring (bicyclic) bond motifs is 6. The van der Waals surface area contributed by atoms with E-state index in [0.29, 0.717) is 22.8 Å².